The standard InChI is InChI=1S/C14H13BrN2O2S/c15-13-6-5-12(7-14(13)16)20(18,19)17-8-10-3-1-2-4-11(10)9-17/h1-7H,8-9,16H2. The highest BCUT2D eigenvalue weighted by molar-refractivity contribution is 9.10. The van der Waals surface area contributed by atoms with Crippen LogP contribution in [0.4, 0.5) is 5.69 Å². The molecule has 0 saturated heterocycles. The average Bonchev–Trinajstić information content (AvgIpc) is 2.86. The van der Waals surface area contributed by atoms with Gasteiger partial charge in [-0.25, -0.2) is 8.42 Å². The van der Waals surface area contributed by atoms with Crippen LogP contribution in [0.1, 0.15) is 11.1 Å². The second-order valence-corrected chi connectivity index (χ2v) is 7.52. The molecule has 20 heavy (non-hydrogen) atoms. The van der Waals surface area contributed by atoms with Crippen molar-refractivity contribution in [1.29, 1.82) is 0 Å². The molecule has 0 aliphatic carbocycles. The van der Waals surface area contributed by atoms with Crippen molar-refractivity contribution in [2.45, 2.75) is 18.0 Å². The monoisotopic (exact) mass is 352 g/mol. The molecule has 3 rings (SSSR count). The molecule has 6 heteroatoms. The van der Waals surface area contributed by atoms with Crippen molar-refractivity contribution in [1.82, 2.24) is 4.31 Å². The van der Waals surface area contributed by atoms with Gasteiger partial charge in [-0.1, -0.05) is 24.3 Å². The maximum absolute atomic E-state index is 12.6. The maximum atomic E-state index is 12.6. The quantitative estimate of drug-likeness (QED) is 0.845. The van der Waals surface area contributed by atoms with Gasteiger partial charge in [0.15, 0.2) is 0 Å². The van der Waals surface area contributed by atoms with Gasteiger partial charge in [-0.3, -0.25) is 0 Å². The number of hydrogen-bond acceptors (Lipinski definition) is 3. The molecule has 0 spiro atoms. The largest absolute Gasteiger partial charge is 0.398 e. The molecule has 0 unspecified atom stereocenters. The van der Waals surface area contributed by atoms with Gasteiger partial charge in [0.25, 0.3) is 0 Å². The highest BCUT2D eigenvalue weighted by atomic mass is 79.9. The predicted octanol–water partition coefficient (Wildman–Crippen LogP) is 2.74. The molecule has 1 aliphatic heterocycles. The topological polar surface area (TPSA) is 63.4 Å². The summed E-state index contributed by atoms with van der Waals surface area (Å²) in [5.74, 6) is 0. The summed E-state index contributed by atoms with van der Waals surface area (Å²) in [5, 5.41) is 0. The summed E-state index contributed by atoms with van der Waals surface area (Å²) in [6, 6.07) is 12.5. The van der Waals surface area contributed by atoms with Crippen molar-refractivity contribution in [2.24, 2.45) is 0 Å². The van der Waals surface area contributed by atoms with Crippen molar-refractivity contribution in [2.75, 3.05) is 5.73 Å². The fraction of sp³-hybridized carbons (Fsp3) is 0.143. The minimum Gasteiger partial charge on any atom is -0.398 e. The Morgan fingerprint density at radius 3 is 2.20 bits per heavy atom. The fourth-order valence-electron chi connectivity index (χ4n) is 2.30. The van der Waals surface area contributed by atoms with Crippen LogP contribution in [0.25, 0.3) is 0 Å². The number of nitrogens with zero attached hydrogens (tertiary/aromatic N) is 1. The van der Waals surface area contributed by atoms with E-state index in [0.29, 0.717) is 23.2 Å². The van der Waals surface area contributed by atoms with Gasteiger partial charge >= 0.3 is 0 Å². The van der Waals surface area contributed by atoms with Crippen molar-refractivity contribution in [3.63, 3.8) is 0 Å². The Labute approximate surface area is 126 Å². The van der Waals surface area contributed by atoms with E-state index in [-0.39, 0.29) is 4.90 Å². The van der Waals surface area contributed by atoms with Crippen LogP contribution in [0.5, 0.6) is 0 Å². The zero-order valence-corrected chi connectivity index (χ0v) is 13.0. The van der Waals surface area contributed by atoms with E-state index < -0.39 is 10.0 Å². The average molecular weight is 353 g/mol. The van der Waals surface area contributed by atoms with Gasteiger partial charge in [-0.2, -0.15) is 4.31 Å². The number of nitrogens with two attached hydrogens (primary N) is 1. The van der Waals surface area contributed by atoms with Crippen LogP contribution in [0.3, 0.4) is 0 Å². The maximum Gasteiger partial charge on any atom is 0.243 e. The normalized spacial score (nSPS) is 15.2. The Balaban J connectivity index is 1.96. The van der Waals surface area contributed by atoms with Gasteiger partial charge in [0, 0.05) is 23.2 Å². The molecule has 4 nitrogen and oxygen atoms in total. The molecule has 0 aromatic heterocycles. The van der Waals surface area contributed by atoms with Crippen LogP contribution < -0.4 is 5.73 Å². The highest BCUT2D eigenvalue weighted by Crippen LogP contribution is 2.30. The van der Waals surface area contributed by atoms with Crippen LogP contribution >= 0.6 is 15.9 Å². The molecule has 2 aromatic carbocycles. The first-order chi connectivity index (χ1) is 9.48. The fourth-order valence-corrected chi connectivity index (χ4v) is 3.98. The first kappa shape index (κ1) is 13.6. The third kappa shape index (κ3) is 2.24. The Hall–Kier alpha value is -1.37. The van der Waals surface area contributed by atoms with Crippen LogP contribution in [-0.4, -0.2) is 12.7 Å². The second-order valence-electron chi connectivity index (χ2n) is 4.73. The van der Waals surface area contributed by atoms with Crippen molar-refractivity contribution >= 4 is 31.6 Å². The number of benzene rings is 2. The molecular formula is C14H13BrN2O2S. The minimum atomic E-state index is -3.51. The molecule has 0 radical (unpaired) electrons. The van der Waals surface area contributed by atoms with Gasteiger partial charge in [-0.15, -0.1) is 0 Å². The highest BCUT2D eigenvalue weighted by Gasteiger charge is 2.30. The molecule has 1 heterocycles. The van der Waals surface area contributed by atoms with E-state index in [0.717, 1.165) is 11.1 Å². The number of rotatable bonds is 2. The Morgan fingerprint density at radius 2 is 1.65 bits per heavy atom. The lowest BCUT2D eigenvalue weighted by Gasteiger charge is -2.16. The number of halogens is 1. The summed E-state index contributed by atoms with van der Waals surface area (Å²) < 4.78 is 27.4. The number of fused-ring (bicyclic) bond motifs is 1. The summed E-state index contributed by atoms with van der Waals surface area (Å²) in [7, 11) is -3.51. The Bertz CT molecular complexity index is 749. The van der Waals surface area contributed by atoms with Crippen LogP contribution in [-0.2, 0) is 23.1 Å². The third-order valence-electron chi connectivity index (χ3n) is 3.42. The number of nitrogen functional groups attached to an aromatic ring is 1. The van der Waals surface area contributed by atoms with E-state index in [1.165, 1.54) is 10.4 Å². The molecule has 0 bridgehead atoms. The molecule has 2 aromatic rings. The van der Waals surface area contributed by atoms with E-state index in [9.17, 15) is 8.42 Å². The lowest BCUT2D eigenvalue weighted by atomic mass is 10.1. The summed E-state index contributed by atoms with van der Waals surface area (Å²) in [6.45, 7) is 0.822. The lowest BCUT2D eigenvalue weighted by molar-refractivity contribution is 0.431. The van der Waals surface area contributed by atoms with Crippen LogP contribution in [0.2, 0.25) is 0 Å². The molecule has 2 N–H and O–H groups in total. The van der Waals surface area contributed by atoms with Gasteiger partial charge in [0.05, 0.1) is 4.90 Å². The van der Waals surface area contributed by atoms with Crippen LogP contribution in [0, 0.1) is 0 Å². The molecule has 1 aliphatic rings. The van der Waals surface area contributed by atoms with Gasteiger partial charge in [-0.05, 0) is 45.3 Å². The third-order valence-corrected chi connectivity index (χ3v) is 5.93. The molecule has 0 saturated carbocycles. The minimum absolute atomic E-state index is 0.228. The molecule has 104 valence electrons. The van der Waals surface area contributed by atoms with Crippen LogP contribution in [0.15, 0.2) is 51.8 Å². The lowest BCUT2D eigenvalue weighted by Crippen LogP contribution is -2.25. The number of hydrogen-bond donors (Lipinski definition) is 1. The zero-order valence-electron chi connectivity index (χ0n) is 10.6. The smallest absolute Gasteiger partial charge is 0.243 e. The predicted molar refractivity (Wildman–Crippen MR) is 81.4 cm³/mol. The van der Waals surface area contributed by atoms with Crippen molar-refractivity contribution < 1.29 is 8.42 Å². The first-order valence-corrected chi connectivity index (χ1v) is 8.34. The van der Waals surface area contributed by atoms with Crippen molar-refractivity contribution in [3.8, 4) is 0 Å². The molecule has 0 atom stereocenters. The van der Waals surface area contributed by atoms with E-state index in [1.54, 1.807) is 12.1 Å². The summed E-state index contributed by atoms with van der Waals surface area (Å²) >= 11 is 3.27. The zero-order chi connectivity index (χ0) is 14.3. The molecule has 0 fully saturated rings. The summed E-state index contributed by atoms with van der Waals surface area (Å²) in [6.07, 6.45) is 0. The second kappa shape index (κ2) is 4.87. The Morgan fingerprint density at radius 1 is 1.05 bits per heavy atom. The van der Waals surface area contributed by atoms with Crippen molar-refractivity contribution in [3.05, 3.63) is 58.1 Å². The summed E-state index contributed by atoms with van der Waals surface area (Å²) in [4.78, 5) is 0.228. The van der Waals surface area contributed by atoms with Gasteiger partial charge in [0.2, 0.25) is 10.0 Å². The number of anilines is 1. The first-order valence-electron chi connectivity index (χ1n) is 6.10. The number of sulfonamides is 1. The van der Waals surface area contributed by atoms with E-state index in [4.69, 9.17) is 5.73 Å². The van der Waals surface area contributed by atoms with Gasteiger partial charge < -0.3 is 5.73 Å². The SMILES string of the molecule is Nc1cc(S(=O)(=O)N2Cc3ccccc3C2)ccc1Br. The van der Waals surface area contributed by atoms with Gasteiger partial charge in [0.1, 0.15) is 0 Å². The van der Waals surface area contributed by atoms with E-state index in [2.05, 4.69) is 15.9 Å². The van der Waals surface area contributed by atoms with E-state index in [1.807, 2.05) is 24.3 Å². The Kier molecular flexibility index (Phi) is 3.32. The van der Waals surface area contributed by atoms with E-state index >= 15 is 0 Å². The molecule has 0 amide bonds. The summed E-state index contributed by atoms with van der Waals surface area (Å²) in [5.41, 5.74) is 8.30. The molecular weight excluding hydrogens is 340 g/mol.